The maximum Gasteiger partial charge on any atom is 0.227 e. The molecule has 3 rings (SSSR count). The number of rotatable bonds is 4. The number of hydrogen-bond donors (Lipinski definition) is 1. The van der Waals surface area contributed by atoms with Gasteiger partial charge in [0, 0.05) is 32.0 Å². The van der Waals surface area contributed by atoms with Crippen molar-refractivity contribution in [3.8, 4) is 0 Å². The van der Waals surface area contributed by atoms with E-state index in [4.69, 9.17) is 5.73 Å². The second-order valence-corrected chi connectivity index (χ2v) is 5.42. The van der Waals surface area contributed by atoms with Crippen molar-refractivity contribution in [2.24, 2.45) is 11.7 Å². The summed E-state index contributed by atoms with van der Waals surface area (Å²) in [7, 11) is 0. The normalized spacial score (nSPS) is 15.6. The number of carbonyl (C=O) groups excluding carboxylic acids is 1. The first-order chi connectivity index (χ1) is 10.3. The lowest BCUT2D eigenvalue weighted by Gasteiger charge is -2.30. The van der Waals surface area contributed by atoms with Gasteiger partial charge in [-0.25, -0.2) is 4.98 Å². The van der Waals surface area contributed by atoms with Gasteiger partial charge in [-0.05, 0) is 12.0 Å². The highest BCUT2D eigenvalue weighted by molar-refractivity contribution is 5.79. The van der Waals surface area contributed by atoms with Crippen LogP contribution in [0.3, 0.4) is 0 Å². The average Bonchev–Trinajstić information content (AvgIpc) is 3.00. The molecule has 21 heavy (non-hydrogen) atoms. The molecule has 1 atom stereocenters. The van der Waals surface area contributed by atoms with E-state index in [9.17, 15) is 4.79 Å². The van der Waals surface area contributed by atoms with E-state index in [0.717, 1.165) is 24.5 Å². The van der Waals surface area contributed by atoms with Gasteiger partial charge in [0.15, 0.2) is 0 Å². The fraction of sp³-hybridized carbons (Fsp3) is 0.375. The second kappa shape index (κ2) is 6.10. The third-order valence-corrected chi connectivity index (χ3v) is 4.02. The van der Waals surface area contributed by atoms with Crippen molar-refractivity contribution in [1.82, 2.24) is 14.5 Å². The Balaban J connectivity index is 1.68. The van der Waals surface area contributed by atoms with Crippen LogP contribution in [0.5, 0.6) is 0 Å². The molecule has 1 unspecified atom stereocenters. The van der Waals surface area contributed by atoms with Gasteiger partial charge in [0.25, 0.3) is 0 Å². The molecular weight excluding hydrogens is 264 g/mol. The lowest BCUT2D eigenvalue weighted by molar-refractivity contribution is -0.136. The molecule has 0 aliphatic carbocycles. The monoisotopic (exact) mass is 284 g/mol. The van der Waals surface area contributed by atoms with E-state index in [0.29, 0.717) is 19.5 Å². The van der Waals surface area contributed by atoms with Crippen LogP contribution in [-0.4, -0.2) is 33.4 Å². The van der Waals surface area contributed by atoms with Crippen LogP contribution in [0.2, 0.25) is 0 Å². The third kappa shape index (κ3) is 2.97. The minimum absolute atomic E-state index is 0.135. The lowest BCUT2D eigenvalue weighted by Crippen LogP contribution is -2.44. The van der Waals surface area contributed by atoms with Gasteiger partial charge in [0.1, 0.15) is 5.82 Å². The maximum atomic E-state index is 12.7. The van der Waals surface area contributed by atoms with Crippen molar-refractivity contribution < 1.29 is 4.79 Å². The zero-order valence-electron chi connectivity index (χ0n) is 12.0. The van der Waals surface area contributed by atoms with Crippen LogP contribution in [0.15, 0.2) is 42.7 Å². The molecule has 1 aromatic heterocycles. The summed E-state index contributed by atoms with van der Waals surface area (Å²) in [5, 5.41) is 0. The Morgan fingerprint density at radius 2 is 2.10 bits per heavy atom. The van der Waals surface area contributed by atoms with E-state index in [1.807, 2.05) is 41.4 Å². The minimum Gasteiger partial charge on any atom is -0.333 e. The fourth-order valence-corrected chi connectivity index (χ4v) is 2.79. The Bertz CT molecular complexity index is 608. The highest BCUT2D eigenvalue weighted by Gasteiger charge is 2.27. The first kappa shape index (κ1) is 13.8. The summed E-state index contributed by atoms with van der Waals surface area (Å²) in [5.74, 6) is 0.926. The summed E-state index contributed by atoms with van der Waals surface area (Å²) in [6.45, 7) is 2.49. The molecule has 2 aromatic rings. The standard InChI is InChI=1S/C16H20N4O/c17-11-14(10-13-4-2-1-3-5-13)16(21)20-9-8-19-7-6-18-15(19)12-20/h1-7,14H,8-12,17H2. The third-order valence-electron chi connectivity index (χ3n) is 4.02. The van der Waals surface area contributed by atoms with Crippen molar-refractivity contribution in [2.75, 3.05) is 13.1 Å². The van der Waals surface area contributed by atoms with Crippen molar-refractivity contribution in [3.63, 3.8) is 0 Å². The van der Waals surface area contributed by atoms with Crippen LogP contribution in [0.4, 0.5) is 0 Å². The highest BCUT2D eigenvalue weighted by Crippen LogP contribution is 2.16. The van der Waals surface area contributed by atoms with E-state index in [2.05, 4.69) is 9.55 Å². The van der Waals surface area contributed by atoms with Gasteiger partial charge < -0.3 is 15.2 Å². The van der Waals surface area contributed by atoms with E-state index in [1.54, 1.807) is 6.20 Å². The topological polar surface area (TPSA) is 64.2 Å². The number of imidazole rings is 1. The molecule has 2 N–H and O–H groups in total. The summed E-state index contributed by atoms with van der Waals surface area (Å²) >= 11 is 0. The molecule has 0 spiro atoms. The summed E-state index contributed by atoms with van der Waals surface area (Å²) in [6.07, 6.45) is 4.44. The average molecular weight is 284 g/mol. The smallest absolute Gasteiger partial charge is 0.227 e. The molecular formula is C16H20N4O. The van der Waals surface area contributed by atoms with Crippen LogP contribution >= 0.6 is 0 Å². The number of aromatic nitrogens is 2. The summed E-state index contributed by atoms with van der Waals surface area (Å²) in [5.41, 5.74) is 6.99. The van der Waals surface area contributed by atoms with Crippen molar-refractivity contribution in [1.29, 1.82) is 0 Å². The zero-order chi connectivity index (χ0) is 14.7. The maximum absolute atomic E-state index is 12.7. The van der Waals surface area contributed by atoms with Crippen molar-refractivity contribution in [2.45, 2.75) is 19.5 Å². The number of nitrogens with zero attached hydrogens (tertiary/aromatic N) is 3. The lowest BCUT2D eigenvalue weighted by atomic mass is 9.97. The molecule has 1 aliphatic rings. The number of benzene rings is 1. The fourth-order valence-electron chi connectivity index (χ4n) is 2.79. The van der Waals surface area contributed by atoms with Crippen LogP contribution in [0.25, 0.3) is 0 Å². The molecule has 2 heterocycles. The predicted molar refractivity (Wildman–Crippen MR) is 80.3 cm³/mol. The van der Waals surface area contributed by atoms with Crippen LogP contribution < -0.4 is 5.73 Å². The molecule has 110 valence electrons. The summed E-state index contributed by atoms with van der Waals surface area (Å²) < 4.78 is 2.10. The molecule has 1 aromatic carbocycles. The Morgan fingerprint density at radius 3 is 2.86 bits per heavy atom. The van der Waals surface area contributed by atoms with E-state index >= 15 is 0 Å². The molecule has 1 amide bonds. The summed E-state index contributed by atoms with van der Waals surface area (Å²) in [6, 6.07) is 10.0. The molecule has 5 nitrogen and oxygen atoms in total. The van der Waals surface area contributed by atoms with E-state index in [-0.39, 0.29) is 11.8 Å². The summed E-state index contributed by atoms with van der Waals surface area (Å²) in [4.78, 5) is 18.8. The van der Waals surface area contributed by atoms with Gasteiger partial charge >= 0.3 is 0 Å². The van der Waals surface area contributed by atoms with Crippen molar-refractivity contribution in [3.05, 3.63) is 54.1 Å². The van der Waals surface area contributed by atoms with E-state index in [1.165, 1.54) is 0 Å². The molecule has 0 radical (unpaired) electrons. The Kier molecular flexibility index (Phi) is 4.01. The quantitative estimate of drug-likeness (QED) is 0.912. The van der Waals surface area contributed by atoms with Gasteiger partial charge in [-0.2, -0.15) is 0 Å². The van der Waals surface area contributed by atoms with Gasteiger partial charge in [-0.15, -0.1) is 0 Å². The minimum atomic E-state index is -0.158. The Hall–Kier alpha value is -2.14. The van der Waals surface area contributed by atoms with Gasteiger partial charge in [-0.3, -0.25) is 4.79 Å². The molecule has 1 aliphatic heterocycles. The number of carbonyl (C=O) groups is 1. The Morgan fingerprint density at radius 1 is 1.29 bits per heavy atom. The van der Waals surface area contributed by atoms with Crippen LogP contribution in [0.1, 0.15) is 11.4 Å². The van der Waals surface area contributed by atoms with Gasteiger partial charge in [0.05, 0.1) is 12.5 Å². The van der Waals surface area contributed by atoms with Crippen LogP contribution in [0, 0.1) is 5.92 Å². The Labute approximate surface area is 124 Å². The first-order valence-corrected chi connectivity index (χ1v) is 7.30. The predicted octanol–water partition coefficient (Wildman–Crippen LogP) is 1.04. The molecule has 0 fully saturated rings. The van der Waals surface area contributed by atoms with Crippen molar-refractivity contribution >= 4 is 5.91 Å². The number of hydrogen-bond acceptors (Lipinski definition) is 3. The zero-order valence-corrected chi connectivity index (χ0v) is 12.0. The largest absolute Gasteiger partial charge is 0.333 e. The molecule has 0 saturated carbocycles. The number of nitrogens with two attached hydrogens (primary N) is 1. The van der Waals surface area contributed by atoms with Gasteiger partial charge in [-0.1, -0.05) is 30.3 Å². The SMILES string of the molecule is NCC(Cc1ccccc1)C(=O)N1CCn2ccnc2C1. The molecule has 0 saturated heterocycles. The molecule has 5 heteroatoms. The molecule has 0 bridgehead atoms. The number of amides is 1. The van der Waals surface area contributed by atoms with E-state index < -0.39 is 0 Å². The highest BCUT2D eigenvalue weighted by atomic mass is 16.2. The van der Waals surface area contributed by atoms with Crippen LogP contribution in [-0.2, 0) is 24.3 Å². The number of fused-ring (bicyclic) bond motifs is 1. The second-order valence-electron chi connectivity index (χ2n) is 5.42. The van der Waals surface area contributed by atoms with Gasteiger partial charge in [0.2, 0.25) is 5.91 Å². The first-order valence-electron chi connectivity index (χ1n) is 7.30.